The van der Waals surface area contributed by atoms with Gasteiger partial charge in [0.15, 0.2) is 0 Å². The van der Waals surface area contributed by atoms with Crippen molar-refractivity contribution in [3.63, 3.8) is 0 Å². The molecule has 62 valence electrons. The Kier molecular flexibility index (Phi) is 3.14. The van der Waals surface area contributed by atoms with E-state index in [2.05, 4.69) is 9.97 Å². The van der Waals surface area contributed by atoms with Crippen LogP contribution in [0, 0.1) is 6.92 Å². The van der Waals surface area contributed by atoms with E-state index in [4.69, 9.17) is 0 Å². The van der Waals surface area contributed by atoms with E-state index >= 15 is 0 Å². The number of allylic oxidation sites excluding steroid dienone is 1. The first kappa shape index (κ1) is 8.59. The van der Waals surface area contributed by atoms with Crippen molar-refractivity contribution in [3.05, 3.63) is 29.9 Å². The van der Waals surface area contributed by atoms with E-state index in [-0.39, 0.29) is 0 Å². The average Bonchev–Trinajstić information content (AvgIpc) is 2.09. The van der Waals surface area contributed by atoms with Crippen molar-refractivity contribution in [2.45, 2.75) is 13.3 Å². The molecule has 0 radical (unpaired) electrons. The van der Waals surface area contributed by atoms with Gasteiger partial charge >= 0.3 is 0 Å². The molecule has 1 rings (SSSR count). The first-order valence-electron chi connectivity index (χ1n) is 3.72. The number of carbonyl (C=O) groups excluding carboxylic acids is 1. The second-order valence-electron chi connectivity index (χ2n) is 2.37. The van der Waals surface area contributed by atoms with Gasteiger partial charge in [-0.2, -0.15) is 0 Å². The minimum absolute atomic E-state index is 0.438. The Morgan fingerprint density at radius 3 is 2.67 bits per heavy atom. The molecule has 0 spiro atoms. The topological polar surface area (TPSA) is 42.9 Å². The van der Waals surface area contributed by atoms with Gasteiger partial charge in [0.05, 0.1) is 0 Å². The normalized spacial score (nSPS) is 10.4. The van der Waals surface area contributed by atoms with Gasteiger partial charge in [0.2, 0.25) is 0 Å². The Balaban J connectivity index is 2.64. The summed E-state index contributed by atoms with van der Waals surface area (Å²) in [7, 11) is 0. The SMILES string of the molecule is Cc1ncc(C=CCC=O)cn1. The van der Waals surface area contributed by atoms with Crippen LogP contribution in [0.4, 0.5) is 0 Å². The van der Waals surface area contributed by atoms with Gasteiger partial charge < -0.3 is 4.79 Å². The fraction of sp³-hybridized carbons (Fsp3) is 0.222. The first-order valence-corrected chi connectivity index (χ1v) is 3.72. The highest BCUT2D eigenvalue weighted by atomic mass is 16.1. The number of nitrogens with zero attached hydrogens (tertiary/aromatic N) is 2. The summed E-state index contributed by atoms with van der Waals surface area (Å²) in [6.45, 7) is 1.83. The zero-order valence-corrected chi connectivity index (χ0v) is 6.90. The van der Waals surface area contributed by atoms with Crippen molar-refractivity contribution in [2.75, 3.05) is 0 Å². The molecule has 0 aliphatic rings. The maximum absolute atomic E-state index is 9.97. The van der Waals surface area contributed by atoms with Crippen molar-refractivity contribution < 1.29 is 4.79 Å². The Morgan fingerprint density at radius 1 is 1.42 bits per heavy atom. The number of hydrogen-bond acceptors (Lipinski definition) is 3. The molecular weight excluding hydrogens is 152 g/mol. The molecule has 1 heterocycles. The molecule has 0 bridgehead atoms. The monoisotopic (exact) mass is 162 g/mol. The van der Waals surface area contributed by atoms with Gasteiger partial charge in [-0.1, -0.05) is 12.2 Å². The lowest BCUT2D eigenvalue weighted by Crippen LogP contribution is -1.85. The standard InChI is InChI=1S/C9H10N2O/c1-8-10-6-9(7-11-8)4-2-3-5-12/h2,4-7H,3H2,1H3. The Labute approximate surface area is 71.2 Å². The van der Waals surface area contributed by atoms with E-state index in [0.29, 0.717) is 6.42 Å². The molecule has 0 saturated carbocycles. The van der Waals surface area contributed by atoms with Crippen LogP contribution in [0.3, 0.4) is 0 Å². The zero-order chi connectivity index (χ0) is 8.81. The van der Waals surface area contributed by atoms with Gasteiger partial charge in [-0.3, -0.25) is 0 Å². The van der Waals surface area contributed by atoms with Crippen LogP contribution < -0.4 is 0 Å². The molecule has 0 amide bonds. The molecule has 0 unspecified atom stereocenters. The summed E-state index contributed by atoms with van der Waals surface area (Å²) in [5.41, 5.74) is 0.919. The number of carbonyl (C=O) groups is 1. The van der Waals surface area contributed by atoms with Crippen LogP contribution in [0.1, 0.15) is 17.8 Å². The molecule has 3 nitrogen and oxygen atoms in total. The summed E-state index contributed by atoms with van der Waals surface area (Å²) < 4.78 is 0. The number of aromatic nitrogens is 2. The summed E-state index contributed by atoms with van der Waals surface area (Å²) in [6, 6.07) is 0. The van der Waals surface area contributed by atoms with Gasteiger partial charge in [0, 0.05) is 24.4 Å². The first-order chi connectivity index (χ1) is 5.83. The zero-order valence-electron chi connectivity index (χ0n) is 6.90. The second-order valence-corrected chi connectivity index (χ2v) is 2.37. The van der Waals surface area contributed by atoms with Crippen molar-refractivity contribution in [2.24, 2.45) is 0 Å². The number of hydrogen-bond donors (Lipinski definition) is 0. The molecule has 12 heavy (non-hydrogen) atoms. The van der Waals surface area contributed by atoms with Crippen molar-refractivity contribution >= 4 is 12.4 Å². The van der Waals surface area contributed by atoms with Crippen molar-refractivity contribution in [1.82, 2.24) is 9.97 Å². The van der Waals surface area contributed by atoms with Gasteiger partial charge in [-0.05, 0) is 6.92 Å². The van der Waals surface area contributed by atoms with Crippen LogP contribution in [0.25, 0.3) is 6.08 Å². The molecule has 1 aromatic heterocycles. The summed E-state index contributed by atoms with van der Waals surface area (Å²) in [5, 5.41) is 0. The molecule has 3 heteroatoms. The smallest absolute Gasteiger partial charge is 0.125 e. The summed E-state index contributed by atoms with van der Waals surface area (Å²) in [6.07, 6.45) is 8.35. The average molecular weight is 162 g/mol. The van der Waals surface area contributed by atoms with E-state index in [9.17, 15) is 4.79 Å². The molecule has 0 aromatic carbocycles. The fourth-order valence-electron chi connectivity index (χ4n) is 0.748. The van der Waals surface area contributed by atoms with E-state index in [1.54, 1.807) is 18.5 Å². The number of aldehydes is 1. The van der Waals surface area contributed by atoms with Crippen LogP contribution in [0.2, 0.25) is 0 Å². The summed E-state index contributed by atoms with van der Waals surface area (Å²) in [4.78, 5) is 18.0. The summed E-state index contributed by atoms with van der Waals surface area (Å²) >= 11 is 0. The number of aryl methyl sites for hydroxylation is 1. The lowest BCUT2D eigenvalue weighted by atomic mass is 10.3. The maximum Gasteiger partial charge on any atom is 0.125 e. The number of rotatable bonds is 3. The van der Waals surface area contributed by atoms with E-state index in [1.165, 1.54) is 0 Å². The van der Waals surface area contributed by atoms with Crippen LogP contribution in [-0.4, -0.2) is 16.3 Å². The quantitative estimate of drug-likeness (QED) is 0.631. The molecular formula is C9H10N2O. The van der Waals surface area contributed by atoms with E-state index in [0.717, 1.165) is 17.7 Å². The molecule has 0 aliphatic heterocycles. The molecule has 0 N–H and O–H groups in total. The van der Waals surface area contributed by atoms with Crippen molar-refractivity contribution in [3.8, 4) is 0 Å². The third kappa shape index (κ3) is 2.62. The lowest BCUT2D eigenvalue weighted by molar-refractivity contribution is -0.107. The van der Waals surface area contributed by atoms with Crippen LogP contribution in [-0.2, 0) is 4.79 Å². The van der Waals surface area contributed by atoms with Crippen molar-refractivity contribution in [1.29, 1.82) is 0 Å². The predicted octanol–water partition coefficient (Wildman–Crippen LogP) is 1.39. The molecule has 0 saturated heterocycles. The van der Waals surface area contributed by atoms with Gasteiger partial charge in [0.1, 0.15) is 12.1 Å². The fourth-order valence-corrected chi connectivity index (χ4v) is 0.748. The molecule has 0 fully saturated rings. The largest absolute Gasteiger partial charge is 0.303 e. The highest BCUT2D eigenvalue weighted by Crippen LogP contribution is 1.98. The molecule has 0 aliphatic carbocycles. The van der Waals surface area contributed by atoms with Crippen LogP contribution >= 0.6 is 0 Å². The third-order valence-corrected chi connectivity index (χ3v) is 1.34. The maximum atomic E-state index is 9.97. The highest BCUT2D eigenvalue weighted by molar-refractivity contribution is 5.57. The Morgan fingerprint density at radius 2 is 2.08 bits per heavy atom. The molecule has 0 atom stereocenters. The van der Waals surface area contributed by atoms with Crippen LogP contribution in [0.5, 0.6) is 0 Å². The predicted molar refractivity (Wildman–Crippen MR) is 46.5 cm³/mol. The Hall–Kier alpha value is -1.51. The Bertz CT molecular complexity index is 277. The second kappa shape index (κ2) is 4.38. The highest BCUT2D eigenvalue weighted by Gasteiger charge is 1.87. The lowest BCUT2D eigenvalue weighted by Gasteiger charge is -1.91. The minimum atomic E-state index is 0.438. The van der Waals surface area contributed by atoms with E-state index in [1.807, 2.05) is 13.0 Å². The van der Waals surface area contributed by atoms with Gasteiger partial charge in [0.25, 0.3) is 0 Å². The third-order valence-electron chi connectivity index (χ3n) is 1.34. The summed E-state index contributed by atoms with van der Waals surface area (Å²) in [5.74, 6) is 0.752. The van der Waals surface area contributed by atoms with Crippen LogP contribution in [0.15, 0.2) is 18.5 Å². The van der Waals surface area contributed by atoms with Gasteiger partial charge in [-0.25, -0.2) is 9.97 Å². The molecule has 1 aromatic rings. The minimum Gasteiger partial charge on any atom is -0.303 e. The van der Waals surface area contributed by atoms with Gasteiger partial charge in [-0.15, -0.1) is 0 Å². The van der Waals surface area contributed by atoms with E-state index < -0.39 is 0 Å².